The number of hydrogen-bond donors (Lipinski definition) is 2. The molecule has 0 aliphatic rings. The van der Waals surface area contributed by atoms with Crippen molar-refractivity contribution in [2.75, 3.05) is 17.2 Å². The van der Waals surface area contributed by atoms with Gasteiger partial charge in [-0.1, -0.05) is 59.4 Å². The monoisotopic (exact) mass is 598 g/mol. The fraction of sp³-hybridized carbons (Fsp3) is 0.0968. The topological polar surface area (TPSA) is 127 Å². The average molecular weight is 599 g/mol. The number of fused-ring (bicyclic) bond motifs is 1. The van der Waals surface area contributed by atoms with Gasteiger partial charge in [0.25, 0.3) is 15.9 Å². The minimum absolute atomic E-state index is 0.0855. The second-order valence-electron chi connectivity index (χ2n) is 9.17. The number of nitrogens with one attached hydrogen (secondary N) is 2. The van der Waals surface area contributed by atoms with Crippen molar-refractivity contribution in [3.63, 3.8) is 0 Å². The van der Waals surface area contributed by atoms with Crippen LogP contribution < -0.4 is 10.6 Å². The minimum atomic E-state index is -3.99. The normalized spacial score (nSPS) is 11.7. The summed E-state index contributed by atoms with van der Waals surface area (Å²) in [5, 5.41) is 6.26. The van der Waals surface area contributed by atoms with Crippen molar-refractivity contribution in [3.05, 3.63) is 119 Å². The molecule has 1 amide bonds. The zero-order valence-corrected chi connectivity index (χ0v) is 24.3. The molecule has 4 aromatic carbocycles. The molecule has 9 nitrogen and oxygen atoms in total. The van der Waals surface area contributed by atoms with Crippen LogP contribution in [0.5, 0.6) is 0 Å². The molecule has 5 rings (SSSR count). The summed E-state index contributed by atoms with van der Waals surface area (Å²) < 4.78 is 36.0. The molecule has 1 heterocycles. The number of aryl methyl sites for hydroxylation is 1. The van der Waals surface area contributed by atoms with Gasteiger partial charge < -0.3 is 10.1 Å². The molecule has 0 unspecified atom stereocenters. The van der Waals surface area contributed by atoms with Crippen LogP contribution >= 0.6 is 11.3 Å². The van der Waals surface area contributed by atoms with Crippen molar-refractivity contribution in [2.45, 2.75) is 18.7 Å². The molecule has 5 aromatic rings. The highest BCUT2D eigenvalue weighted by Gasteiger charge is 2.17. The van der Waals surface area contributed by atoms with Crippen LogP contribution in [0.3, 0.4) is 0 Å². The zero-order chi connectivity index (χ0) is 29.7. The number of thiazole rings is 1. The van der Waals surface area contributed by atoms with Gasteiger partial charge in [-0.2, -0.15) is 8.42 Å². The van der Waals surface area contributed by atoms with Gasteiger partial charge in [-0.25, -0.2) is 9.78 Å². The van der Waals surface area contributed by atoms with Gasteiger partial charge in [0.05, 0.1) is 27.3 Å². The van der Waals surface area contributed by atoms with Crippen LogP contribution in [0, 0.1) is 6.92 Å². The van der Waals surface area contributed by atoms with E-state index in [1.54, 1.807) is 85.8 Å². The van der Waals surface area contributed by atoms with Crippen molar-refractivity contribution in [1.29, 1.82) is 0 Å². The summed E-state index contributed by atoms with van der Waals surface area (Å²) in [5.41, 5.74) is 3.50. The fourth-order valence-electron chi connectivity index (χ4n) is 3.96. The Hall–Kier alpha value is -4.87. The lowest BCUT2D eigenvalue weighted by Crippen LogP contribution is -2.17. The molecule has 0 atom stereocenters. The summed E-state index contributed by atoms with van der Waals surface area (Å²) in [6.45, 7) is 3.90. The summed E-state index contributed by atoms with van der Waals surface area (Å²) in [6, 6.07) is 27.0. The van der Waals surface area contributed by atoms with Gasteiger partial charge in [-0.3, -0.25) is 10.1 Å². The maximum atomic E-state index is 13.1. The van der Waals surface area contributed by atoms with Crippen LogP contribution in [-0.4, -0.2) is 37.7 Å². The Bertz CT molecular complexity index is 1880. The van der Waals surface area contributed by atoms with Gasteiger partial charge >= 0.3 is 5.97 Å². The largest absolute Gasteiger partial charge is 0.462 e. The van der Waals surface area contributed by atoms with Gasteiger partial charge in [-0.05, 0) is 68.4 Å². The number of carbonyl (C=O) groups excluding carboxylic acids is 2. The lowest BCUT2D eigenvalue weighted by Gasteiger charge is -2.11. The number of esters is 1. The summed E-state index contributed by atoms with van der Waals surface area (Å²) >= 11 is 1.25. The Morgan fingerprint density at radius 3 is 2.24 bits per heavy atom. The number of ether oxygens (including phenoxy) is 1. The molecule has 0 fully saturated rings. The standard InChI is InChI=1S/C31H26N4O5S2/c1-3-40-30(37)23-13-18-26-27(19-23)41-31(33-26)34-29(36)22-11-14-24(15-12-22)32-28(21-7-5-4-6-8-21)35-42(38,39)25-16-9-20(2)10-17-25/h4-19H,3H2,1-2H3,(H,32,35)(H,33,34,36). The van der Waals surface area contributed by atoms with Crippen molar-refractivity contribution in [2.24, 2.45) is 4.40 Å². The number of amidine groups is 1. The van der Waals surface area contributed by atoms with E-state index in [1.165, 1.54) is 23.5 Å². The summed E-state index contributed by atoms with van der Waals surface area (Å²) in [6.07, 6.45) is 0. The molecule has 11 heteroatoms. The molecule has 212 valence electrons. The highest BCUT2D eigenvalue weighted by atomic mass is 32.2. The first-order chi connectivity index (χ1) is 20.2. The van der Waals surface area contributed by atoms with E-state index in [4.69, 9.17) is 4.74 Å². The van der Waals surface area contributed by atoms with Crippen molar-refractivity contribution in [1.82, 2.24) is 4.98 Å². The fourth-order valence-corrected chi connectivity index (χ4v) is 5.83. The van der Waals surface area contributed by atoms with Crippen molar-refractivity contribution in [3.8, 4) is 0 Å². The van der Waals surface area contributed by atoms with E-state index in [-0.39, 0.29) is 23.2 Å². The predicted molar refractivity (Wildman–Crippen MR) is 165 cm³/mol. The second kappa shape index (κ2) is 12.3. The second-order valence-corrected chi connectivity index (χ2v) is 11.8. The Balaban J connectivity index is 1.34. The molecule has 1 aromatic heterocycles. The Morgan fingerprint density at radius 1 is 0.857 bits per heavy atom. The molecule has 2 N–H and O–H groups in total. The van der Waals surface area contributed by atoms with E-state index in [2.05, 4.69) is 20.0 Å². The van der Waals surface area contributed by atoms with Crippen LogP contribution in [0.2, 0.25) is 0 Å². The molecule has 0 aliphatic heterocycles. The van der Waals surface area contributed by atoms with E-state index < -0.39 is 16.0 Å². The Labute approximate surface area is 247 Å². The maximum Gasteiger partial charge on any atom is 0.338 e. The number of amides is 1. The van der Waals surface area contributed by atoms with E-state index in [0.717, 1.165) is 10.3 Å². The van der Waals surface area contributed by atoms with Gasteiger partial charge in [-0.15, -0.1) is 4.40 Å². The first-order valence-electron chi connectivity index (χ1n) is 12.9. The number of nitrogens with zero attached hydrogens (tertiary/aromatic N) is 2. The quantitative estimate of drug-likeness (QED) is 0.122. The number of carbonyl (C=O) groups is 2. The molecule has 0 aliphatic carbocycles. The Morgan fingerprint density at radius 2 is 1.55 bits per heavy atom. The molecule has 0 saturated carbocycles. The van der Waals surface area contributed by atoms with Gasteiger partial charge in [0.15, 0.2) is 11.0 Å². The van der Waals surface area contributed by atoms with E-state index in [1.807, 2.05) is 13.0 Å². The van der Waals surface area contributed by atoms with E-state index in [0.29, 0.717) is 33.0 Å². The molecule has 0 saturated heterocycles. The molecule has 0 bridgehead atoms. The number of anilines is 2. The molecule has 0 spiro atoms. The van der Waals surface area contributed by atoms with Crippen LogP contribution in [0.1, 0.15) is 38.8 Å². The predicted octanol–water partition coefficient (Wildman–Crippen LogP) is 6.28. The zero-order valence-electron chi connectivity index (χ0n) is 22.7. The number of hydrogen-bond acceptors (Lipinski definition) is 7. The highest BCUT2D eigenvalue weighted by Crippen LogP contribution is 2.28. The first kappa shape index (κ1) is 28.7. The van der Waals surface area contributed by atoms with Crippen LogP contribution in [0.4, 0.5) is 10.8 Å². The van der Waals surface area contributed by atoms with E-state index >= 15 is 0 Å². The summed E-state index contributed by atoms with van der Waals surface area (Å²) in [4.78, 5) is 29.5. The molecular formula is C31H26N4O5S2. The smallest absolute Gasteiger partial charge is 0.338 e. The van der Waals surface area contributed by atoms with Crippen LogP contribution in [0.25, 0.3) is 10.2 Å². The first-order valence-corrected chi connectivity index (χ1v) is 15.2. The van der Waals surface area contributed by atoms with E-state index in [9.17, 15) is 18.0 Å². The number of rotatable bonds is 8. The van der Waals surface area contributed by atoms with Crippen LogP contribution in [-0.2, 0) is 14.8 Å². The number of sulfonamides is 1. The van der Waals surface area contributed by atoms with Gasteiger partial charge in [0, 0.05) is 16.8 Å². The van der Waals surface area contributed by atoms with Crippen LogP contribution in [0.15, 0.2) is 106 Å². The third-order valence-electron chi connectivity index (χ3n) is 6.11. The number of benzene rings is 4. The summed E-state index contributed by atoms with van der Waals surface area (Å²) in [7, 11) is -3.99. The third kappa shape index (κ3) is 6.70. The van der Waals surface area contributed by atoms with Gasteiger partial charge in [0.2, 0.25) is 0 Å². The molecular weight excluding hydrogens is 572 g/mol. The Kier molecular flexibility index (Phi) is 8.41. The highest BCUT2D eigenvalue weighted by molar-refractivity contribution is 7.90. The SMILES string of the molecule is CCOC(=O)c1ccc2nc(NC(=O)c3ccc(N/C(=N/S(=O)(=O)c4ccc(C)cc4)c4ccccc4)cc3)sc2c1. The lowest BCUT2D eigenvalue weighted by molar-refractivity contribution is 0.0526. The lowest BCUT2D eigenvalue weighted by atomic mass is 10.1. The van der Waals surface area contributed by atoms with Crippen molar-refractivity contribution < 1.29 is 22.7 Å². The van der Waals surface area contributed by atoms with Gasteiger partial charge in [0.1, 0.15) is 0 Å². The maximum absolute atomic E-state index is 13.1. The van der Waals surface area contributed by atoms with Crippen molar-refractivity contribution >= 4 is 60.1 Å². The summed E-state index contributed by atoms with van der Waals surface area (Å²) in [5.74, 6) is -0.643. The number of aromatic nitrogens is 1. The minimum Gasteiger partial charge on any atom is -0.462 e. The molecule has 0 radical (unpaired) electrons. The average Bonchev–Trinajstić information content (AvgIpc) is 3.39. The molecule has 42 heavy (non-hydrogen) atoms. The third-order valence-corrected chi connectivity index (χ3v) is 8.33.